The molecule has 0 saturated carbocycles. The summed E-state index contributed by atoms with van der Waals surface area (Å²) >= 11 is 0. The minimum Gasteiger partial charge on any atom is -0.480 e. The van der Waals surface area contributed by atoms with E-state index in [9.17, 15) is 9.59 Å². The molecule has 0 radical (unpaired) electrons. The van der Waals surface area contributed by atoms with Gasteiger partial charge in [0.15, 0.2) is 0 Å². The first-order valence-corrected chi connectivity index (χ1v) is 8.59. The van der Waals surface area contributed by atoms with Gasteiger partial charge in [-0.05, 0) is 10.8 Å². The van der Waals surface area contributed by atoms with Crippen LogP contribution in [0.25, 0.3) is 0 Å². The van der Waals surface area contributed by atoms with Crippen LogP contribution in [0.5, 0.6) is 0 Å². The van der Waals surface area contributed by atoms with Gasteiger partial charge in [-0.15, -0.1) is 0 Å². The second-order valence-electron chi connectivity index (χ2n) is 2.56. The molecular weight excluding hydrogens is 483 g/mol. The summed E-state index contributed by atoms with van der Waals surface area (Å²) in [5.74, 6) is -1.51. The molecular formula is C8H8O4PtS4. The van der Waals surface area contributed by atoms with Crippen molar-refractivity contribution < 1.29 is 40.9 Å². The van der Waals surface area contributed by atoms with Crippen molar-refractivity contribution in [2.24, 2.45) is 0 Å². The molecule has 2 atom stereocenters. The standard InChI is InChI=1S/2C4H4O2S2.Pt/c2*5-4(6)3-1-2-7-8-3;/h2*1-3H,(H,5,6);. The fraction of sp³-hybridized carbons (Fsp3) is 0.250. The fourth-order valence-electron chi connectivity index (χ4n) is 0.702. The first-order chi connectivity index (χ1) is 7.61. The maximum Gasteiger partial charge on any atom is 0.321 e. The second-order valence-corrected chi connectivity index (χ2v) is 7.20. The molecule has 2 aliphatic heterocycles. The molecule has 4 nitrogen and oxygen atoms in total. The Hall–Kier alpha value is 0.508. The van der Waals surface area contributed by atoms with Crippen molar-refractivity contribution in [2.45, 2.75) is 10.5 Å². The van der Waals surface area contributed by atoms with Gasteiger partial charge in [0.1, 0.15) is 10.5 Å². The molecule has 0 aromatic heterocycles. The van der Waals surface area contributed by atoms with E-state index >= 15 is 0 Å². The molecule has 0 bridgehead atoms. The number of carbonyl (C=O) groups is 2. The van der Waals surface area contributed by atoms with Crippen molar-refractivity contribution >= 4 is 55.1 Å². The molecule has 0 amide bonds. The van der Waals surface area contributed by atoms with Crippen LogP contribution in [0.1, 0.15) is 0 Å². The normalized spacial score (nSPS) is 24.7. The van der Waals surface area contributed by atoms with Crippen molar-refractivity contribution in [1.82, 2.24) is 0 Å². The van der Waals surface area contributed by atoms with Gasteiger partial charge in [0.25, 0.3) is 0 Å². The summed E-state index contributed by atoms with van der Waals surface area (Å²) in [6.07, 6.45) is 3.36. The second kappa shape index (κ2) is 9.44. The summed E-state index contributed by atoms with van der Waals surface area (Å²) in [7, 11) is 5.64. The van der Waals surface area contributed by atoms with E-state index < -0.39 is 11.9 Å². The van der Waals surface area contributed by atoms with Crippen LogP contribution in [-0.4, -0.2) is 32.7 Å². The molecule has 9 heteroatoms. The van der Waals surface area contributed by atoms with Gasteiger partial charge in [-0.1, -0.05) is 55.3 Å². The van der Waals surface area contributed by atoms with Gasteiger partial charge in [0, 0.05) is 21.1 Å². The Morgan fingerprint density at radius 3 is 1.35 bits per heavy atom. The van der Waals surface area contributed by atoms with Gasteiger partial charge in [0.05, 0.1) is 0 Å². The van der Waals surface area contributed by atoms with Gasteiger partial charge in [-0.3, -0.25) is 9.59 Å². The average Bonchev–Trinajstić information content (AvgIpc) is 2.93. The summed E-state index contributed by atoms with van der Waals surface area (Å²) in [6.45, 7) is 0. The molecule has 2 unspecified atom stereocenters. The van der Waals surface area contributed by atoms with Crippen LogP contribution in [0.2, 0.25) is 0 Å². The third kappa shape index (κ3) is 6.86. The molecule has 98 valence electrons. The van der Waals surface area contributed by atoms with E-state index in [1.165, 1.54) is 43.2 Å². The van der Waals surface area contributed by atoms with Crippen LogP contribution in [0.4, 0.5) is 0 Å². The van der Waals surface area contributed by atoms with Crippen LogP contribution in [0.3, 0.4) is 0 Å². The van der Waals surface area contributed by atoms with Crippen molar-refractivity contribution in [3.63, 3.8) is 0 Å². The molecule has 0 saturated heterocycles. The number of hydrogen-bond acceptors (Lipinski definition) is 6. The zero-order chi connectivity index (χ0) is 12.0. The van der Waals surface area contributed by atoms with Gasteiger partial charge >= 0.3 is 11.9 Å². The Labute approximate surface area is 129 Å². The predicted octanol–water partition coefficient (Wildman–Crippen LogP) is 2.69. The minimum absolute atomic E-state index is 0. The fourth-order valence-corrected chi connectivity index (χ4v) is 4.53. The van der Waals surface area contributed by atoms with Crippen LogP contribution >= 0.6 is 43.2 Å². The van der Waals surface area contributed by atoms with Crippen molar-refractivity contribution in [3.05, 3.63) is 23.0 Å². The molecule has 0 aromatic carbocycles. The van der Waals surface area contributed by atoms with Crippen LogP contribution in [-0.2, 0) is 30.7 Å². The zero-order valence-corrected chi connectivity index (χ0v) is 13.7. The summed E-state index contributed by atoms with van der Waals surface area (Å²) in [5, 5.41) is 19.6. The van der Waals surface area contributed by atoms with E-state index in [0.717, 1.165) is 0 Å². The average molecular weight is 491 g/mol. The van der Waals surface area contributed by atoms with E-state index in [4.69, 9.17) is 10.2 Å². The summed E-state index contributed by atoms with van der Waals surface area (Å²) in [4.78, 5) is 20.2. The summed E-state index contributed by atoms with van der Waals surface area (Å²) in [5.41, 5.74) is 0. The zero-order valence-electron chi connectivity index (χ0n) is 8.12. The van der Waals surface area contributed by atoms with Crippen LogP contribution < -0.4 is 0 Å². The van der Waals surface area contributed by atoms with Crippen molar-refractivity contribution in [2.75, 3.05) is 0 Å². The Morgan fingerprint density at radius 1 is 0.882 bits per heavy atom. The Bertz CT molecular complexity index is 301. The third-order valence-electron chi connectivity index (χ3n) is 1.42. The number of aliphatic carboxylic acids is 2. The van der Waals surface area contributed by atoms with Crippen LogP contribution in [0, 0.1) is 0 Å². The van der Waals surface area contributed by atoms with E-state index in [2.05, 4.69) is 0 Å². The Balaban J connectivity index is 0.000000284. The predicted molar refractivity (Wildman–Crippen MR) is 71.5 cm³/mol. The van der Waals surface area contributed by atoms with Gasteiger partial charge in [-0.25, -0.2) is 0 Å². The van der Waals surface area contributed by atoms with E-state index in [1.54, 1.807) is 23.0 Å². The number of carboxylic acid groups (broad SMARTS) is 2. The topological polar surface area (TPSA) is 74.6 Å². The quantitative estimate of drug-likeness (QED) is 0.572. The van der Waals surface area contributed by atoms with Gasteiger partial charge in [-0.2, -0.15) is 0 Å². The first kappa shape index (κ1) is 17.5. The Kier molecular flexibility index (Phi) is 9.72. The molecule has 0 aromatic rings. The SMILES string of the molecule is O=C(O)C1C=CSS1.O=C(O)C1C=CSS1.[Pt]. The molecule has 0 spiro atoms. The maximum absolute atomic E-state index is 10.1. The molecule has 2 heterocycles. The molecule has 2 aliphatic rings. The smallest absolute Gasteiger partial charge is 0.321 e. The van der Waals surface area contributed by atoms with E-state index in [-0.39, 0.29) is 31.6 Å². The largest absolute Gasteiger partial charge is 0.480 e. The van der Waals surface area contributed by atoms with Gasteiger partial charge in [0.2, 0.25) is 0 Å². The molecule has 0 fully saturated rings. The molecule has 0 aliphatic carbocycles. The minimum atomic E-state index is -0.753. The summed E-state index contributed by atoms with van der Waals surface area (Å²) in [6, 6.07) is 0. The van der Waals surface area contributed by atoms with Crippen molar-refractivity contribution in [1.29, 1.82) is 0 Å². The summed E-state index contributed by atoms with van der Waals surface area (Å²) < 4.78 is 0. The van der Waals surface area contributed by atoms with Crippen molar-refractivity contribution in [3.8, 4) is 0 Å². The van der Waals surface area contributed by atoms with Gasteiger partial charge < -0.3 is 10.2 Å². The number of rotatable bonds is 2. The third-order valence-corrected chi connectivity index (χ3v) is 5.89. The number of hydrogen-bond donors (Lipinski definition) is 2. The molecule has 2 N–H and O–H groups in total. The molecule has 2 rings (SSSR count). The van der Waals surface area contributed by atoms with Crippen LogP contribution in [0.15, 0.2) is 23.0 Å². The van der Waals surface area contributed by atoms with E-state index in [0.29, 0.717) is 0 Å². The Morgan fingerprint density at radius 2 is 1.24 bits per heavy atom. The monoisotopic (exact) mass is 491 g/mol. The number of carboxylic acids is 2. The first-order valence-electron chi connectivity index (χ1n) is 4.04. The van der Waals surface area contributed by atoms with E-state index in [1.807, 2.05) is 0 Å². The maximum atomic E-state index is 10.1. The molecule has 17 heavy (non-hydrogen) atoms.